The smallest absolute Gasteiger partial charge is 0.123 e. The number of carbonyl (C=O) groups excluding carboxylic acids is 1. The summed E-state index contributed by atoms with van der Waals surface area (Å²) in [6.45, 7) is 5.01. The van der Waals surface area contributed by atoms with Gasteiger partial charge in [0.05, 0.1) is 0 Å². The van der Waals surface area contributed by atoms with Crippen LogP contribution < -0.4 is 0 Å². The first-order valence-electron chi connectivity index (χ1n) is 5.87. The fourth-order valence-electron chi connectivity index (χ4n) is 2.10. The van der Waals surface area contributed by atoms with E-state index in [4.69, 9.17) is 0 Å². The molecule has 0 amide bonds. The number of aldehydes is 1. The fourth-order valence-corrected chi connectivity index (χ4v) is 2.10. The number of pyridine rings is 1. The molecule has 0 aromatic carbocycles. The molecule has 3 nitrogen and oxygen atoms in total. The molecule has 0 bridgehead atoms. The molecule has 3 heteroatoms. The van der Waals surface area contributed by atoms with Crippen LogP contribution in [-0.4, -0.2) is 29.3 Å². The topological polar surface area (TPSA) is 33.2 Å². The Hall–Kier alpha value is -1.22. The maximum atomic E-state index is 10.6. The van der Waals surface area contributed by atoms with E-state index in [2.05, 4.69) is 16.0 Å². The second-order valence-corrected chi connectivity index (χ2v) is 4.56. The van der Waals surface area contributed by atoms with Gasteiger partial charge < -0.3 is 4.79 Å². The van der Waals surface area contributed by atoms with Crippen LogP contribution in [0.4, 0.5) is 0 Å². The lowest BCUT2D eigenvalue weighted by molar-refractivity contribution is -0.112. The molecule has 1 aromatic heterocycles. The van der Waals surface area contributed by atoms with E-state index < -0.39 is 0 Å². The number of carbonyl (C=O) groups is 1. The summed E-state index contributed by atoms with van der Waals surface area (Å²) in [7, 11) is 0. The van der Waals surface area contributed by atoms with Crippen LogP contribution >= 0.6 is 0 Å². The molecule has 1 aliphatic rings. The Bertz CT molecular complexity index is 339. The highest BCUT2D eigenvalue weighted by Crippen LogP contribution is 2.16. The number of likely N-dealkylation sites (tertiary alicyclic amines) is 1. The first-order valence-corrected chi connectivity index (χ1v) is 5.87. The lowest BCUT2D eigenvalue weighted by Crippen LogP contribution is -2.33. The van der Waals surface area contributed by atoms with Crippen molar-refractivity contribution in [1.82, 2.24) is 9.88 Å². The van der Waals surface area contributed by atoms with Crippen LogP contribution in [0, 0.1) is 12.8 Å². The lowest BCUT2D eigenvalue weighted by atomic mass is 9.98. The zero-order valence-corrected chi connectivity index (χ0v) is 9.72. The summed E-state index contributed by atoms with van der Waals surface area (Å²) in [6.07, 6.45) is 5.05. The molecule has 1 saturated heterocycles. The number of nitrogens with zero attached hydrogens (tertiary/aromatic N) is 2. The molecule has 2 rings (SSSR count). The predicted molar refractivity (Wildman–Crippen MR) is 63.0 cm³/mol. The normalized spacial score (nSPS) is 18.6. The van der Waals surface area contributed by atoms with Crippen molar-refractivity contribution in [2.24, 2.45) is 5.92 Å². The third-order valence-electron chi connectivity index (χ3n) is 3.20. The Labute approximate surface area is 96.5 Å². The van der Waals surface area contributed by atoms with Gasteiger partial charge in [0, 0.05) is 24.4 Å². The zero-order valence-electron chi connectivity index (χ0n) is 9.72. The summed E-state index contributed by atoms with van der Waals surface area (Å²) in [5, 5.41) is 0. The molecule has 1 aliphatic heterocycles. The quantitative estimate of drug-likeness (QED) is 0.725. The molecular weight excluding hydrogens is 200 g/mol. The molecule has 0 saturated carbocycles. The first-order chi connectivity index (χ1) is 7.78. The average molecular weight is 218 g/mol. The van der Waals surface area contributed by atoms with Gasteiger partial charge in [-0.15, -0.1) is 0 Å². The molecule has 0 unspecified atom stereocenters. The first kappa shape index (κ1) is 11.3. The minimum absolute atomic E-state index is 0.285. The van der Waals surface area contributed by atoms with E-state index in [1.165, 1.54) is 5.56 Å². The van der Waals surface area contributed by atoms with Gasteiger partial charge in [-0.05, 0) is 44.5 Å². The minimum Gasteiger partial charge on any atom is -0.303 e. The van der Waals surface area contributed by atoms with E-state index >= 15 is 0 Å². The van der Waals surface area contributed by atoms with Gasteiger partial charge in [0.15, 0.2) is 0 Å². The van der Waals surface area contributed by atoms with Crippen molar-refractivity contribution >= 4 is 6.29 Å². The van der Waals surface area contributed by atoms with Crippen molar-refractivity contribution in [3.05, 3.63) is 29.6 Å². The second-order valence-electron chi connectivity index (χ2n) is 4.56. The molecule has 0 spiro atoms. The van der Waals surface area contributed by atoms with Crippen molar-refractivity contribution in [2.45, 2.75) is 26.3 Å². The van der Waals surface area contributed by atoms with Crippen LogP contribution in [0.3, 0.4) is 0 Å². The van der Waals surface area contributed by atoms with E-state index in [0.29, 0.717) is 0 Å². The molecule has 0 radical (unpaired) electrons. The molecule has 2 heterocycles. The standard InChI is InChI=1S/C13H18N2O/c1-11-2-3-13(8-14-11)9-15-6-4-12(10-16)5-7-15/h2-3,8,10,12H,4-7,9H2,1H3. The third kappa shape index (κ3) is 2.89. The molecule has 1 fully saturated rings. The molecular formula is C13H18N2O. The molecule has 86 valence electrons. The highest BCUT2D eigenvalue weighted by molar-refractivity contribution is 5.53. The number of rotatable bonds is 3. The van der Waals surface area contributed by atoms with E-state index in [0.717, 1.165) is 44.5 Å². The number of aryl methyl sites for hydroxylation is 1. The molecule has 0 aliphatic carbocycles. The summed E-state index contributed by atoms with van der Waals surface area (Å²) < 4.78 is 0. The molecule has 0 N–H and O–H groups in total. The van der Waals surface area contributed by atoms with E-state index in [1.807, 2.05) is 19.2 Å². The highest BCUT2D eigenvalue weighted by atomic mass is 16.1. The van der Waals surface area contributed by atoms with Crippen LogP contribution in [-0.2, 0) is 11.3 Å². The van der Waals surface area contributed by atoms with Gasteiger partial charge in [0.2, 0.25) is 0 Å². The monoisotopic (exact) mass is 218 g/mol. The van der Waals surface area contributed by atoms with Gasteiger partial charge in [-0.3, -0.25) is 9.88 Å². The number of piperidine rings is 1. The van der Waals surface area contributed by atoms with Crippen molar-refractivity contribution in [1.29, 1.82) is 0 Å². The molecule has 16 heavy (non-hydrogen) atoms. The van der Waals surface area contributed by atoms with Crippen LogP contribution in [0.15, 0.2) is 18.3 Å². The van der Waals surface area contributed by atoms with Gasteiger partial charge >= 0.3 is 0 Å². The van der Waals surface area contributed by atoms with Crippen molar-refractivity contribution in [3.8, 4) is 0 Å². The summed E-state index contributed by atoms with van der Waals surface area (Å²) in [4.78, 5) is 17.3. The minimum atomic E-state index is 0.285. The molecule has 1 aromatic rings. The van der Waals surface area contributed by atoms with E-state index in [9.17, 15) is 4.79 Å². The Morgan fingerprint density at radius 3 is 2.75 bits per heavy atom. The maximum Gasteiger partial charge on any atom is 0.123 e. The highest BCUT2D eigenvalue weighted by Gasteiger charge is 2.18. The SMILES string of the molecule is Cc1ccc(CN2CCC(C=O)CC2)cn1. The van der Waals surface area contributed by atoms with Crippen LogP contribution in [0.2, 0.25) is 0 Å². The third-order valence-corrected chi connectivity index (χ3v) is 3.20. The lowest BCUT2D eigenvalue weighted by Gasteiger charge is -2.29. The zero-order chi connectivity index (χ0) is 11.4. The Morgan fingerprint density at radius 1 is 1.44 bits per heavy atom. The Kier molecular flexibility index (Phi) is 3.67. The summed E-state index contributed by atoms with van der Waals surface area (Å²) in [5.74, 6) is 0.285. The van der Waals surface area contributed by atoms with Gasteiger partial charge in [-0.1, -0.05) is 6.07 Å². The van der Waals surface area contributed by atoms with Crippen molar-refractivity contribution in [2.75, 3.05) is 13.1 Å². The maximum absolute atomic E-state index is 10.6. The largest absolute Gasteiger partial charge is 0.303 e. The predicted octanol–water partition coefficient (Wildman–Crippen LogP) is 1.80. The summed E-state index contributed by atoms with van der Waals surface area (Å²) >= 11 is 0. The fraction of sp³-hybridized carbons (Fsp3) is 0.538. The van der Waals surface area contributed by atoms with Crippen LogP contribution in [0.25, 0.3) is 0 Å². The number of aromatic nitrogens is 1. The average Bonchev–Trinajstić information content (AvgIpc) is 2.33. The number of hydrogen-bond donors (Lipinski definition) is 0. The Balaban J connectivity index is 1.86. The van der Waals surface area contributed by atoms with Gasteiger partial charge in [0.1, 0.15) is 6.29 Å². The summed E-state index contributed by atoms with van der Waals surface area (Å²) in [6, 6.07) is 4.18. The molecule has 0 atom stereocenters. The van der Waals surface area contributed by atoms with Crippen LogP contribution in [0.1, 0.15) is 24.1 Å². The van der Waals surface area contributed by atoms with E-state index in [1.54, 1.807) is 0 Å². The summed E-state index contributed by atoms with van der Waals surface area (Å²) in [5.41, 5.74) is 2.32. The van der Waals surface area contributed by atoms with Crippen molar-refractivity contribution < 1.29 is 4.79 Å². The van der Waals surface area contributed by atoms with E-state index in [-0.39, 0.29) is 5.92 Å². The Morgan fingerprint density at radius 2 is 2.19 bits per heavy atom. The number of hydrogen-bond acceptors (Lipinski definition) is 3. The van der Waals surface area contributed by atoms with Crippen LogP contribution in [0.5, 0.6) is 0 Å². The van der Waals surface area contributed by atoms with Gasteiger partial charge in [-0.25, -0.2) is 0 Å². The second kappa shape index (κ2) is 5.21. The van der Waals surface area contributed by atoms with Gasteiger partial charge in [0.25, 0.3) is 0 Å². The van der Waals surface area contributed by atoms with Gasteiger partial charge in [-0.2, -0.15) is 0 Å². The van der Waals surface area contributed by atoms with Crippen molar-refractivity contribution in [3.63, 3.8) is 0 Å².